The van der Waals surface area contributed by atoms with E-state index in [0.717, 1.165) is 41.8 Å². The number of aryl methyl sites for hydroxylation is 1. The maximum absolute atomic E-state index is 12.6. The van der Waals surface area contributed by atoms with Gasteiger partial charge in [0.1, 0.15) is 5.82 Å². The molecule has 1 aromatic heterocycles. The number of anilines is 2. The number of carbonyl (C=O) groups is 1. The zero-order valence-corrected chi connectivity index (χ0v) is 17.6. The molecule has 2 N–H and O–H groups in total. The van der Waals surface area contributed by atoms with Crippen molar-refractivity contribution in [1.29, 1.82) is 0 Å². The zero-order valence-electron chi connectivity index (χ0n) is 17.6. The van der Waals surface area contributed by atoms with Crippen molar-refractivity contribution in [3.05, 3.63) is 65.7 Å². The lowest BCUT2D eigenvalue weighted by molar-refractivity contribution is -0.137. The molecule has 2 aromatic carbocycles. The molecule has 4 nitrogen and oxygen atoms in total. The molecule has 0 unspecified atom stereocenters. The highest BCUT2D eigenvalue weighted by molar-refractivity contribution is 5.94. The number of nitrogens with one attached hydrogen (secondary N) is 2. The first-order chi connectivity index (χ1) is 14.7. The van der Waals surface area contributed by atoms with Gasteiger partial charge in [-0.15, -0.1) is 0 Å². The normalized spacial score (nSPS) is 11.7. The number of nitrogens with zero attached hydrogens (tertiary/aromatic N) is 1. The monoisotopic (exact) mass is 429 g/mol. The Kier molecular flexibility index (Phi) is 7.15. The minimum absolute atomic E-state index is 0.181. The molecule has 0 aliphatic heterocycles. The van der Waals surface area contributed by atoms with E-state index in [1.807, 2.05) is 24.3 Å². The van der Waals surface area contributed by atoms with Crippen LogP contribution < -0.4 is 10.6 Å². The van der Waals surface area contributed by atoms with Gasteiger partial charge in [-0.25, -0.2) is 4.98 Å². The summed E-state index contributed by atoms with van der Waals surface area (Å²) in [6.07, 6.45) is -2.74. The van der Waals surface area contributed by atoms with Crippen molar-refractivity contribution >= 4 is 28.3 Å². The minimum atomic E-state index is -4.36. The van der Waals surface area contributed by atoms with E-state index in [1.54, 1.807) is 6.07 Å². The highest BCUT2D eigenvalue weighted by atomic mass is 19.4. The number of hydrogen-bond acceptors (Lipinski definition) is 3. The number of fused-ring (bicyclic) bond motifs is 1. The van der Waals surface area contributed by atoms with Crippen LogP contribution in [0.25, 0.3) is 10.9 Å². The van der Waals surface area contributed by atoms with Crippen molar-refractivity contribution in [2.24, 2.45) is 5.92 Å². The van der Waals surface area contributed by atoms with E-state index in [-0.39, 0.29) is 12.3 Å². The molecule has 3 aromatic rings. The zero-order chi connectivity index (χ0) is 22.4. The van der Waals surface area contributed by atoms with Crippen LogP contribution in [-0.2, 0) is 17.4 Å². The molecule has 0 aliphatic rings. The SMILES string of the molecule is CC(C)CCNc1ccc2cc(NC(=O)CCc3ccc(C(F)(F)F)cc3)ccc2n1. The minimum Gasteiger partial charge on any atom is -0.370 e. The van der Waals surface area contributed by atoms with E-state index >= 15 is 0 Å². The standard InChI is InChI=1S/C24H26F3N3O/c1-16(2)13-14-28-22-11-6-18-15-20(9-10-21(18)30-22)29-23(31)12-5-17-3-7-19(8-4-17)24(25,26)27/h3-4,6-11,15-16H,5,12-14H2,1-2H3,(H,28,30)(H,29,31). The molecule has 0 aliphatic carbocycles. The summed E-state index contributed by atoms with van der Waals surface area (Å²) in [5, 5.41) is 7.07. The Labute approximate surface area is 179 Å². The van der Waals surface area contributed by atoms with Crippen LogP contribution in [0.1, 0.15) is 37.8 Å². The Balaban J connectivity index is 1.55. The third kappa shape index (κ3) is 6.70. The average molecular weight is 429 g/mol. The third-order valence-electron chi connectivity index (χ3n) is 4.92. The Morgan fingerprint density at radius 2 is 1.77 bits per heavy atom. The summed E-state index contributed by atoms with van der Waals surface area (Å²) in [6, 6.07) is 14.3. The van der Waals surface area contributed by atoms with E-state index in [2.05, 4.69) is 29.5 Å². The third-order valence-corrected chi connectivity index (χ3v) is 4.92. The van der Waals surface area contributed by atoms with Crippen molar-refractivity contribution in [2.45, 2.75) is 39.3 Å². The van der Waals surface area contributed by atoms with Crippen LogP contribution in [0.15, 0.2) is 54.6 Å². The predicted molar refractivity (Wildman–Crippen MR) is 118 cm³/mol. The second-order valence-electron chi connectivity index (χ2n) is 7.96. The van der Waals surface area contributed by atoms with Crippen LogP contribution in [0.3, 0.4) is 0 Å². The van der Waals surface area contributed by atoms with Gasteiger partial charge in [0.05, 0.1) is 11.1 Å². The summed E-state index contributed by atoms with van der Waals surface area (Å²) in [7, 11) is 0. The first kappa shape index (κ1) is 22.6. The molecular formula is C24H26F3N3O. The van der Waals surface area contributed by atoms with E-state index < -0.39 is 11.7 Å². The molecule has 164 valence electrons. The number of rotatable bonds is 8. The average Bonchev–Trinajstić information content (AvgIpc) is 2.72. The fourth-order valence-corrected chi connectivity index (χ4v) is 3.13. The molecule has 0 bridgehead atoms. The lowest BCUT2D eigenvalue weighted by Gasteiger charge is -2.10. The molecule has 0 saturated heterocycles. The van der Waals surface area contributed by atoms with Gasteiger partial charge in [0.2, 0.25) is 5.91 Å². The molecule has 0 fully saturated rings. The summed E-state index contributed by atoms with van der Waals surface area (Å²) in [4.78, 5) is 16.8. The second-order valence-corrected chi connectivity index (χ2v) is 7.96. The summed E-state index contributed by atoms with van der Waals surface area (Å²) < 4.78 is 37.9. The van der Waals surface area contributed by atoms with Crippen LogP contribution in [0.5, 0.6) is 0 Å². The van der Waals surface area contributed by atoms with Gasteiger partial charge in [0.15, 0.2) is 0 Å². The molecule has 0 atom stereocenters. The van der Waals surface area contributed by atoms with Gasteiger partial charge in [-0.3, -0.25) is 4.79 Å². The number of halogens is 3. The highest BCUT2D eigenvalue weighted by Crippen LogP contribution is 2.29. The smallest absolute Gasteiger partial charge is 0.370 e. The molecular weight excluding hydrogens is 403 g/mol. The number of carbonyl (C=O) groups excluding carboxylic acids is 1. The van der Waals surface area contributed by atoms with Gasteiger partial charge in [0.25, 0.3) is 0 Å². The number of benzene rings is 2. The van der Waals surface area contributed by atoms with Crippen molar-refractivity contribution in [1.82, 2.24) is 4.98 Å². The van der Waals surface area contributed by atoms with Crippen LogP contribution >= 0.6 is 0 Å². The Bertz CT molecular complexity index is 1030. The molecule has 1 heterocycles. The largest absolute Gasteiger partial charge is 0.416 e. The molecule has 0 saturated carbocycles. The van der Waals surface area contributed by atoms with Crippen LogP contribution in [0.2, 0.25) is 0 Å². The van der Waals surface area contributed by atoms with Gasteiger partial charge in [-0.2, -0.15) is 13.2 Å². The maximum atomic E-state index is 12.6. The van der Waals surface area contributed by atoms with Gasteiger partial charge in [0, 0.05) is 24.0 Å². The second kappa shape index (κ2) is 9.81. The van der Waals surface area contributed by atoms with Crippen molar-refractivity contribution in [3.63, 3.8) is 0 Å². The fraction of sp³-hybridized carbons (Fsp3) is 0.333. The summed E-state index contributed by atoms with van der Waals surface area (Å²) >= 11 is 0. The topological polar surface area (TPSA) is 54.0 Å². The highest BCUT2D eigenvalue weighted by Gasteiger charge is 2.29. The lowest BCUT2D eigenvalue weighted by atomic mass is 10.1. The number of aromatic nitrogens is 1. The molecule has 0 spiro atoms. The van der Waals surface area contributed by atoms with Crippen molar-refractivity contribution in [3.8, 4) is 0 Å². The van der Waals surface area contributed by atoms with E-state index in [1.165, 1.54) is 12.1 Å². The number of pyridine rings is 1. The van der Waals surface area contributed by atoms with Gasteiger partial charge in [-0.05, 0) is 66.8 Å². The predicted octanol–water partition coefficient (Wildman–Crippen LogP) is 6.28. The van der Waals surface area contributed by atoms with E-state index in [9.17, 15) is 18.0 Å². The number of alkyl halides is 3. The molecule has 31 heavy (non-hydrogen) atoms. The summed E-state index contributed by atoms with van der Waals surface area (Å²) in [5.74, 6) is 1.25. The van der Waals surface area contributed by atoms with E-state index in [0.29, 0.717) is 23.6 Å². The summed E-state index contributed by atoms with van der Waals surface area (Å²) in [5.41, 5.74) is 1.48. The quantitative estimate of drug-likeness (QED) is 0.443. The molecule has 1 amide bonds. The molecule has 3 rings (SSSR count). The maximum Gasteiger partial charge on any atom is 0.416 e. The van der Waals surface area contributed by atoms with Crippen molar-refractivity contribution in [2.75, 3.05) is 17.2 Å². The molecule has 0 radical (unpaired) electrons. The van der Waals surface area contributed by atoms with E-state index in [4.69, 9.17) is 0 Å². The Morgan fingerprint density at radius 1 is 1.03 bits per heavy atom. The van der Waals surface area contributed by atoms with Gasteiger partial charge in [-0.1, -0.05) is 26.0 Å². The van der Waals surface area contributed by atoms with Crippen molar-refractivity contribution < 1.29 is 18.0 Å². The fourth-order valence-electron chi connectivity index (χ4n) is 3.13. The Hall–Kier alpha value is -3.09. The number of hydrogen-bond donors (Lipinski definition) is 2. The van der Waals surface area contributed by atoms with Crippen LogP contribution in [-0.4, -0.2) is 17.4 Å². The molecule has 7 heteroatoms. The van der Waals surface area contributed by atoms with Gasteiger partial charge < -0.3 is 10.6 Å². The summed E-state index contributed by atoms with van der Waals surface area (Å²) in [6.45, 7) is 5.22. The lowest BCUT2D eigenvalue weighted by Crippen LogP contribution is -2.12. The van der Waals surface area contributed by atoms with Crippen LogP contribution in [0, 0.1) is 5.92 Å². The first-order valence-electron chi connectivity index (χ1n) is 10.3. The van der Waals surface area contributed by atoms with Gasteiger partial charge >= 0.3 is 6.18 Å². The van der Waals surface area contributed by atoms with Crippen LogP contribution in [0.4, 0.5) is 24.7 Å². The first-order valence-corrected chi connectivity index (χ1v) is 10.3. The Morgan fingerprint density at radius 3 is 2.45 bits per heavy atom. The number of amides is 1.